The lowest BCUT2D eigenvalue weighted by molar-refractivity contribution is 0.0948. The zero-order valence-corrected chi connectivity index (χ0v) is 12.8. The summed E-state index contributed by atoms with van der Waals surface area (Å²) >= 11 is 0. The Labute approximate surface area is 129 Å². The van der Waals surface area contributed by atoms with Crippen LogP contribution in [0, 0.1) is 6.92 Å². The van der Waals surface area contributed by atoms with E-state index in [0.717, 1.165) is 23.3 Å². The van der Waals surface area contributed by atoms with Gasteiger partial charge >= 0.3 is 0 Å². The quantitative estimate of drug-likeness (QED) is 0.803. The van der Waals surface area contributed by atoms with Gasteiger partial charge in [0.1, 0.15) is 5.82 Å². The van der Waals surface area contributed by atoms with Crippen molar-refractivity contribution < 1.29 is 4.79 Å². The van der Waals surface area contributed by atoms with E-state index >= 15 is 0 Å². The van der Waals surface area contributed by atoms with Crippen molar-refractivity contribution in [2.45, 2.75) is 26.8 Å². The Kier molecular flexibility index (Phi) is 3.92. The molecule has 0 atom stereocenters. The van der Waals surface area contributed by atoms with Crippen LogP contribution < -0.4 is 5.32 Å². The summed E-state index contributed by atoms with van der Waals surface area (Å²) in [6.45, 7) is 4.59. The van der Waals surface area contributed by atoms with Crippen LogP contribution in [0.5, 0.6) is 0 Å². The highest BCUT2D eigenvalue weighted by atomic mass is 16.1. The number of imidazole rings is 1. The van der Waals surface area contributed by atoms with Crippen LogP contribution in [0.2, 0.25) is 0 Å². The molecule has 0 fully saturated rings. The van der Waals surface area contributed by atoms with E-state index in [0.29, 0.717) is 12.2 Å². The lowest BCUT2D eigenvalue weighted by Crippen LogP contribution is -2.23. The number of amides is 1. The Morgan fingerprint density at radius 2 is 2.09 bits per heavy atom. The summed E-state index contributed by atoms with van der Waals surface area (Å²) in [4.78, 5) is 16.9. The third kappa shape index (κ3) is 2.72. The first kappa shape index (κ1) is 14.3. The van der Waals surface area contributed by atoms with Gasteiger partial charge in [0, 0.05) is 19.2 Å². The minimum Gasteiger partial charge on any atom is -0.347 e. The molecule has 2 aromatic heterocycles. The summed E-state index contributed by atoms with van der Waals surface area (Å²) in [5.74, 6) is 0.765. The topological polar surface area (TPSA) is 46.4 Å². The van der Waals surface area contributed by atoms with E-state index in [-0.39, 0.29) is 5.91 Å². The molecule has 0 spiro atoms. The predicted molar refractivity (Wildman–Crippen MR) is 86.9 cm³/mol. The number of hydrogen-bond acceptors (Lipinski definition) is 2. The van der Waals surface area contributed by atoms with Crippen molar-refractivity contribution in [2.75, 3.05) is 0 Å². The largest absolute Gasteiger partial charge is 0.347 e. The van der Waals surface area contributed by atoms with E-state index in [1.807, 2.05) is 60.8 Å². The van der Waals surface area contributed by atoms with Crippen LogP contribution in [-0.4, -0.2) is 15.3 Å². The molecular weight excluding hydrogens is 274 g/mol. The van der Waals surface area contributed by atoms with Gasteiger partial charge in [0.25, 0.3) is 5.91 Å². The number of aryl methyl sites for hydroxylation is 2. The predicted octanol–water partition coefficient (Wildman–Crippen LogP) is 3.14. The van der Waals surface area contributed by atoms with E-state index in [1.165, 1.54) is 5.56 Å². The second kappa shape index (κ2) is 6.02. The maximum Gasteiger partial charge on any atom is 0.272 e. The summed E-state index contributed by atoms with van der Waals surface area (Å²) in [6.07, 6.45) is 2.73. The van der Waals surface area contributed by atoms with E-state index in [1.54, 1.807) is 0 Å². The number of rotatable bonds is 4. The van der Waals surface area contributed by atoms with Gasteiger partial charge < -0.3 is 9.72 Å². The number of fused-ring (bicyclic) bond motifs is 1. The van der Waals surface area contributed by atoms with Gasteiger partial charge in [-0.3, -0.25) is 4.79 Å². The molecule has 1 aromatic carbocycles. The van der Waals surface area contributed by atoms with E-state index in [4.69, 9.17) is 0 Å². The second-order valence-electron chi connectivity index (χ2n) is 5.36. The Hall–Kier alpha value is -2.62. The molecule has 2 heterocycles. The van der Waals surface area contributed by atoms with Crippen LogP contribution in [0.1, 0.15) is 34.4 Å². The standard InChI is InChI=1S/C18H19N3O/c1-3-16-20-17(15-9-4-5-10-21(15)16)18(22)19-12-14-8-6-7-13(2)11-14/h4-11H,3,12H2,1-2H3,(H,19,22). The van der Waals surface area contributed by atoms with Crippen molar-refractivity contribution >= 4 is 11.4 Å². The monoisotopic (exact) mass is 293 g/mol. The molecule has 4 nitrogen and oxygen atoms in total. The van der Waals surface area contributed by atoms with Gasteiger partial charge in [-0.2, -0.15) is 0 Å². The summed E-state index contributed by atoms with van der Waals surface area (Å²) in [6, 6.07) is 13.9. The number of benzene rings is 1. The summed E-state index contributed by atoms with van der Waals surface area (Å²) in [7, 11) is 0. The normalized spacial score (nSPS) is 10.8. The number of carbonyl (C=O) groups is 1. The van der Waals surface area contributed by atoms with Gasteiger partial charge in [0.05, 0.1) is 5.52 Å². The van der Waals surface area contributed by atoms with Crippen molar-refractivity contribution in [3.8, 4) is 0 Å². The van der Waals surface area contributed by atoms with Gasteiger partial charge in [0.2, 0.25) is 0 Å². The van der Waals surface area contributed by atoms with Crippen molar-refractivity contribution in [2.24, 2.45) is 0 Å². The number of nitrogens with zero attached hydrogens (tertiary/aromatic N) is 2. The second-order valence-corrected chi connectivity index (χ2v) is 5.36. The fourth-order valence-electron chi connectivity index (χ4n) is 2.61. The molecular formula is C18H19N3O. The number of nitrogens with one attached hydrogen (secondary N) is 1. The number of pyridine rings is 1. The Bertz CT molecular complexity index is 820. The van der Waals surface area contributed by atoms with Crippen LogP contribution in [0.15, 0.2) is 48.7 Å². The minimum absolute atomic E-state index is 0.134. The van der Waals surface area contributed by atoms with E-state index < -0.39 is 0 Å². The van der Waals surface area contributed by atoms with E-state index in [9.17, 15) is 4.79 Å². The molecule has 1 N–H and O–H groups in total. The SMILES string of the molecule is CCc1nc(C(=O)NCc2cccc(C)c2)c2ccccn12. The molecule has 1 amide bonds. The number of hydrogen-bond donors (Lipinski definition) is 1. The Balaban J connectivity index is 1.83. The zero-order chi connectivity index (χ0) is 15.5. The molecule has 3 rings (SSSR count). The molecule has 0 bridgehead atoms. The molecule has 0 aliphatic heterocycles. The third-order valence-corrected chi connectivity index (χ3v) is 3.69. The highest BCUT2D eigenvalue weighted by Gasteiger charge is 2.16. The minimum atomic E-state index is -0.134. The molecule has 0 aliphatic rings. The lowest BCUT2D eigenvalue weighted by Gasteiger charge is -2.05. The number of aromatic nitrogens is 2. The molecule has 112 valence electrons. The van der Waals surface area contributed by atoms with Gasteiger partial charge in [0.15, 0.2) is 5.69 Å². The van der Waals surface area contributed by atoms with E-state index in [2.05, 4.69) is 16.4 Å². The average Bonchev–Trinajstić information content (AvgIpc) is 2.92. The molecule has 3 aromatic rings. The van der Waals surface area contributed by atoms with Crippen molar-refractivity contribution in [1.82, 2.24) is 14.7 Å². The van der Waals surface area contributed by atoms with Crippen LogP contribution in [0.25, 0.3) is 5.52 Å². The van der Waals surface area contributed by atoms with Crippen molar-refractivity contribution in [1.29, 1.82) is 0 Å². The average molecular weight is 293 g/mol. The van der Waals surface area contributed by atoms with Crippen molar-refractivity contribution in [3.05, 3.63) is 71.3 Å². The fourth-order valence-corrected chi connectivity index (χ4v) is 2.61. The first-order chi connectivity index (χ1) is 10.7. The highest BCUT2D eigenvalue weighted by molar-refractivity contribution is 5.99. The molecule has 4 heteroatoms. The van der Waals surface area contributed by atoms with Gasteiger partial charge in [-0.25, -0.2) is 4.98 Å². The summed E-state index contributed by atoms with van der Waals surface area (Å²) < 4.78 is 1.97. The van der Waals surface area contributed by atoms with Crippen LogP contribution in [0.3, 0.4) is 0 Å². The summed E-state index contributed by atoms with van der Waals surface area (Å²) in [5.41, 5.74) is 3.62. The molecule has 0 radical (unpaired) electrons. The third-order valence-electron chi connectivity index (χ3n) is 3.69. The first-order valence-corrected chi connectivity index (χ1v) is 7.48. The molecule has 0 aliphatic carbocycles. The first-order valence-electron chi connectivity index (χ1n) is 7.48. The highest BCUT2D eigenvalue weighted by Crippen LogP contribution is 2.14. The lowest BCUT2D eigenvalue weighted by atomic mass is 10.1. The molecule has 0 saturated carbocycles. The van der Waals surface area contributed by atoms with Crippen molar-refractivity contribution in [3.63, 3.8) is 0 Å². The maximum atomic E-state index is 12.5. The molecule has 0 saturated heterocycles. The fraction of sp³-hybridized carbons (Fsp3) is 0.222. The maximum absolute atomic E-state index is 12.5. The Morgan fingerprint density at radius 1 is 1.23 bits per heavy atom. The number of carbonyl (C=O) groups excluding carboxylic acids is 1. The smallest absolute Gasteiger partial charge is 0.272 e. The van der Waals surface area contributed by atoms with Crippen LogP contribution in [-0.2, 0) is 13.0 Å². The molecule has 22 heavy (non-hydrogen) atoms. The van der Waals surface area contributed by atoms with Crippen LogP contribution >= 0.6 is 0 Å². The van der Waals surface area contributed by atoms with Gasteiger partial charge in [-0.15, -0.1) is 0 Å². The summed E-state index contributed by atoms with van der Waals surface area (Å²) in [5, 5.41) is 2.96. The molecule has 0 unspecified atom stereocenters. The van der Waals surface area contributed by atoms with Gasteiger partial charge in [-0.1, -0.05) is 42.8 Å². The van der Waals surface area contributed by atoms with Crippen LogP contribution in [0.4, 0.5) is 0 Å². The zero-order valence-electron chi connectivity index (χ0n) is 12.8. The van der Waals surface area contributed by atoms with Gasteiger partial charge in [-0.05, 0) is 24.6 Å². The Morgan fingerprint density at radius 3 is 2.86 bits per heavy atom.